The molecule has 2 radical (unpaired) electrons. The fraction of sp³-hybridized carbons (Fsp3) is 0.211. The van der Waals surface area contributed by atoms with Crippen LogP contribution in [0.1, 0.15) is 18.1 Å². The summed E-state index contributed by atoms with van der Waals surface area (Å²) in [6.07, 6.45) is 1.80. The van der Waals surface area contributed by atoms with Gasteiger partial charge in [-0.1, -0.05) is 29.7 Å². The molecule has 2 aromatic carbocycles. The maximum atomic E-state index is 11.7. The predicted octanol–water partition coefficient (Wildman–Crippen LogP) is 2.91. The van der Waals surface area contributed by atoms with Crippen LogP contribution in [0.3, 0.4) is 0 Å². The van der Waals surface area contributed by atoms with Crippen molar-refractivity contribution in [3.63, 3.8) is 0 Å². The van der Waals surface area contributed by atoms with Gasteiger partial charge in [0.25, 0.3) is 0 Å². The van der Waals surface area contributed by atoms with Crippen molar-refractivity contribution in [3.05, 3.63) is 59.9 Å². The molecule has 5 heteroatoms. The molecule has 0 atom stereocenters. The summed E-state index contributed by atoms with van der Waals surface area (Å²) >= 11 is 0. The summed E-state index contributed by atoms with van der Waals surface area (Å²) in [7, 11) is 5.99. The fourth-order valence-electron chi connectivity index (χ4n) is 2.58. The number of ether oxygens (including phenoxy) is 2. The molecule has 1 aromatic heterocycles. The highest BCUT2D eigenvalue weighted by molar-refractivity contribution is 6.38. The zero-order chi connectivity index (χ0) is 16.9. The average Bonchev–Trinajstić information content (AvgIpc) is 3.03. The quantitative estimate of drug-likeness (QED) is 0.518. The van der Waals surface area contributed by atoms with Crippen molar-refractivity contribution in [2.75, 3.05) is 6.61 Å². The van der Waals surface area contributed by atoms with E-state index in [1.54, 1.807) is 13.2 Å². The number of rotatable bonds is 6. The second-order valence-electron chi connectivity index (χ2n) is 5.40. The predicted molar refractivity (Wildman–Crippen MR) is 92.7 cm³/mol. The van der Waals surface area contributed by atoms with Crippen LogP contribution in [-0.2, 0) is 22.6 Å². The first-order chi connectivity index (χ1) is 11.7. The van der Waals surface area contributed by atoms with E-state index in [-0.39, 0.29) is 12.4 Å². The third-order valence-corrected chi connectivity index (χ3v) is 3.65. The van der Waals surface area contributed by atoms with Gasteiger partial charge in [-0.3, -0.25) is 4.79 Å². The minimum Gasteiger partial charge on any atom is -0.489 e. The lowest BCUT2D eigenvalue weighted by molar-refractivity contribution is -0.142. The number of hydrogen-bond acceptors (Lipinski definition) is 4. The van der Waals surface area contributed by atoms with Gasteiger partial charge in [0.05, 0.1) is 19.3 Å². The van der Waals surface area contributed by atoms with E-state index >= 15 is 0 Å². The van der Waals surface area contributed by atoms with E-state index in [2.05, 4.69) is 0 Å². The lowest BCUT2D eigenvalue weighted by Crippen LogP contribution is -2.10. The number of benzene rings is 2. The number of fused-ring (bicyclic) bond motifs is 1. The van der Waals surface area contributed by atoms with Gasteiger partial charge in [-0.15, -0.1) is 0 Å². The lowest BCUT2D eigenvalue weighted by atomic mass is 9.92. The van der Waals surface area contributed by atoms with E-state index in [1.807, 2.05) is 42.5 Å². The van der Waals surface area contributed by atoms with Gasteiger partial charge in [0, 0.05) is 10.9 Å². The average molecular weight is 320 g/mol. The molecule has 1 heterocycles. The highest BCUT2D eigenvalue weighted by atomic mass is 16.5. The van der Waals surface area contributed by atoms with Crippen LogP contribution >= 0.6 is 0 Å². The first-order valence-electron chi connectivity index (χ1n) is 7.79. The molecule has 0 bridgehead atoms. The first kappa shape index (κ1) is 16.2. The monoisotopic (exact) mass is 320 g/mol. The Bertz CT molecular complexity index is 853. The highest BCUT2D eigenvalue weighted by Crippen LogP contribution is 2.21. The van der Waals surface area contributed by atoms with Gasteiger partial charge in [0.1, 0.15) is 25.8 Å². The Labute approximate surface area is 141 Å². The molecule has 0 saturated carbocycles. The molecule has 3 aromatic rings. The molecule has 4 nitrogen and oxygen atoms in total. The van der Waals surface area contributed by atoms with Crippen molar-refractivity contribution >= 4 is 30.2 Å². The van der Waals surface area contributed by atoms with Gasteiger partial charge in [0.15, 0.2) is 0 Å². The van der Waals surface area contributed by atoms with Crippen LogP contribution in [0.25, 0.3) is 11.0 Å². The standard InChI is InChI=1S/C19H17BO4/c1-2-22-18(21)11-14-5-3-4-6-17(14)24-12-13-9-15-7-8-23-19(15)16(20)10-13/h3-10H,2,11-12H2,1H3. The van der Waals surface area contributed by atoms with Gasteiger partial charge in [-0.25, -0.2) is 0 Å². The van der Waals surface area contributed by atoms with Crippen LogP contribution in [-0.4, -0.2) is 20.4 Å². The minimum absolute atomic E-state index is 0.187. The maximum Gasteiger partial charge on any atom is 0.310 e. The number of hydrogen-bond donors (Lipinski definition) is 0. The Balaban J connectivity index is 1.75. The van der Waals surface area contributed by atoms with Crippen LogP contribution in [0.2, 0.25) is 0 Å². The van der Waals surface area contributed by atoms with Gasteiger partial charge in [-0.2, -0.15) is 0 Å². The Morgan fingerprint density at radius 1 is 1.21 bits per heavy atom. The molecule has 0 aliphatic rings. The van der Waals surface area contributed by atoms with E-state index in [9.17, 15) is 4.79 Å². The van der Waals surface area contributed by atoms with E-state index in [0.717, 1.165) is 16.5 Å². The number of para-hydroxylation sites is 1. The Morgan fingerprint density at radius 3 is 2.88 bits per heavy atom. The SMILES string of the molecule is [B]c1cc(COc2ccccc2CC(=O)OCC)cc2ccoc12. The normalized spacial score (nSPS) is 10.7. The lowest BCUT2D eigenvalue weighted by Gasteiger charge is -2.12. The van der Waals surface area contributed by atoms with Crippen molar-refractivity contribution in [2.24, 2.45) is 0 Å². The van der Waals surface area contributed by atoms with Gasteiger partial charge in [-0.05, 0) is 30.7 Å². The molecule has 0 aliphatic heterocycles. The summed E-state index contributed by atoms with van der Waals surface area (Å²) in [5.41, 5.74) is 3.00. The second kappa shape index (κ2) is 7.26. The third-order valence-electron chi connectivity index (χ3n) is 3.65. The van der Waals surface area contributed by atoms with Crippen molar-refractivity contribution in [2.45, 2.75) is 20.0 Å². The first-order valence-corrected chi connectivity index (χ1v) is 7.79. The van der Waals surface area contributed by atoms with Crippen molar-refractivity contribution in [1.82, 2.24) is 0 Å². The molecule has 0 aliphatic carbocycles. The molecule has 0 N–H and O–H groups in total. The van der Waals surface area contributed by atoms with Crippen molar-refractivity contribution < 1.29 is 18.7 Å². The summed E-state index contributed by atoms with van der Waals surface area (Å²) in [4.78, 5) is 11.7. The molecular formula is C19H17BO4. The van der Waals surface area contributed by atoms with Crippen LogP contribution in [0.15, 0.2) is 53.1 Å². The van der Waals surface area contributed by atoms with E-state index in [0.29, 0.717) is 30.0 Å². The summed E-state index contributed by atoms with van der Waals surface area (Å²) in [5.74, 6) is 0.397. The summed E-state index contributed by atoms with van der Waals surface area (Å²) < 4.78 is 16.2. The van der Waals surface area contributed by atoms with Crippen LogP contribution in [0.4, 0.5) is 0 Å². The maximum absolute atomic E-state index is 11.7. The summed E-state index contributed by atoms with van der Waals surface area (Å²) in [6, 6.07) is 13.1. The van der Waals surface area contributed by atoms with Gasteiger partial charge >= 0.3 is 5.97 Å². The molecule has 0 spiro atoms. The summed E-state index contributed by atoms with van der Waals surface area (Å²) in [5, 5.41) is 0.938. The fourth-order valence-corrected chi connectivity index (χ4v) is 2.58. The molecule has 120 valence electrons. The molecular weight excluding hydrogens is 303 g/mol. The van der Waals surface area contributed by atoms with Crippen LogP contribution in [0.5, 0.6) is 5.75 Å². The third kappa shape index (κ3) is 3.62. The molecule has 0 fully saturated rings. The van der Waals surface area contributed by atoms with E-state index in [1.165, 1.54) is 0 Å². The smallest absolute Gasteiger partial charge is 0.310 e. The Kier molecular flexibility index (Phi) is 4.89. The Hall–Kier alpha value is -2.69. The van der Waals surface area contributed by atoms with Crippen molar-refractivity contribution in [1.29, 1.82) is 0 Å². The molecule has 24 heavy (non-hydrogen) atoms. The molecule has 0 saturated heterocycles. The zero-order valence-corrected chi connectivity index (χ0v) is 13.5. The minimum atomic E-state index is -0.266. The number of esters is 1. The van der Waals surface area contributed by atoms with Gasteiger partial charge in [0.2, 0.25) is 0 Å². The zero-order valence-electron chi connectivity index (χ0n) is 13.5. The molecule has 0 amide bonds. The van der Waals surface area contributed by atoms with Gasteiger partial charge < -0.3 is 13.9 Å². The molecule has 3 rings (SSSR count). The Morgan fingerprint density at radius 2 is 2.04 bits per heavy atom. The summed E-state index contributed by atoms with van der Waals surface area (Å²) in [6.45, 7) is 2.51. The van der Waals surface area contributed by atoms with Crippen LogP contribution < -0.4 is 10.2 Å². The van der Waals surface area contributed by atoms with Crippen LogP contribution in [0, 0.1) is 0 Å². The van der Waals surface area contributed by atoms with E-state index < -0.39 is 0 Å². The molecule has 0 unspecified atom stereocenters. The van der Waals surface area contributed by atoms with Crippen molar-refractivity contribution in [3.8, 4) is 5.75 Å². The number of carbonyl (C=O) groups excluding carboxylic acids is 1. The van der Waals surface area contributed by atoms with E-state index in [4.69, 9.17) is 21.7 Å². The largest absolute Gasteiger partial charge is 0.489 e. The highest BCUT2D eigenvalue weighted by Gasteiger charge is 2.10. The second-order valence-corrected chi connectivity index (χ2v) is 5.40. The topological polar surface area (TPSA) is 48.7 Å². The number of carbonyl (C=O) groups is 1. The number of furan rings is 1.